The second-order valence-corrected chi connectivity index (χ2v) is 3.98. The number of hydrogen-bond donors (Lipinski definition) is 1. The van der Waals surface area contributed by atoms with Crippen molar-refractivity contribution >= 4 is 16.8 Å². The molecule has 0 aliphatic heterocycles. The van der Waals surface area contributed by atoms with Crippen LogP contribution < -0.4 is 5.32 Å². The van der Waals surface area contributed by atoms with Crippen LogP contribution in [0.5, 0.6) is 0 Å². The highest BCUT2D eigenvalue weighted by molar-refractivity contribution is 5.77. The van der Waals surface area contributed by atoms with Crippen molar-refractivity contribution in [2.75, 3.05) is 6.54 Å². The first kappa shape index (κ1) is 10.8. The second kappa shape index (κ2) is 4.45. The molecule has 2 aromatic rings. The topological polar surface area (TPSA) is 46.9 Å². The van der Waals surface area contributed by atoms with E-state index in [4.69, 9.17) is 0 Å². The summed E-state index contributed by atoms with van der Waals surface area (Å²) >= 11 is 0. The molecule has 4 heteroatoms. The minimum Gasteiger partial charge on any atom is -0.334 e. The van der Waals surface area contributed by atoms with Crippen LogP contribution in [0.25, 0.3) is 11.0 Å². The third-order valence-electron chi connectivity index (χ3n) is 2.49. The molecule has 0 saturated heterocycles. The minimum absolute atomic E-state index is 0.152. The Morgan fingerprint density at radius 1 is 1.50 bits per heavy atom. The number of ketones is 1. The van der Waals surface area contributed by atoms with Gasteiger partial charge in [-0.05, 0) is 24.6 Å². The molecule has 0 bridgehead atoms. The van der Waals surface area contributed by atoms with Gasteiger partial charge in [-0.1, -0.05) is 6.07 Å². The molecule has 1 aromatic heterocycles. The van der Waals surface area contributed by atoms with Crippen molar-refractivity contribution in [1.29, 1.82) is 0 Å². The Balaban J connectivity index is 2.11. The van der Waals surface area contributed by atoms with Gasteiger partial charge in [-0.3, -0.25) is 4.79 Å². The predicted molar refractivity (Wildman–Crippen MR) is 63.1 cm³/mol. The van der Waals surface area contributed by atoms with E-state index in [2.05, 4.69) is 16.4 Å². The molecule has 0 aliphatic carbocycles. The molecular weight excluding hydrogens is 202 g/mol. The summed E-state index contributed by atoms with van der Waals surface area (Å²) in [5, 5.41) is 3.09. The lowest BCUT2D eigenvalue weighted by molar-refractivity contribution is -0.116. The minimum atomic E-state index is 0.152. The lowest BCUT2D eigenvalue weighted by atomic mass is 10.2. The molecule has 0 spiro atoms. The van der Waals surface area contributed by atoms with E-state index in [0.717, 1.165) is 16.6 Å². The van der Waals surface area contributed by atoms with Gasteiger partial charge in [-0.2, -0.15) is 0 Å². The molecule has 1 aromatic carbocycles. The summed E-state index contributed by atoms with van der Waals surface area (Å²) < 4.78 is 1.99. The van der Waals surface area contributed by atoms with Crippen LogP contribution in [-0.4, -0.2) is 21.9 Å². The normalized spacial score (nSPS) is 10.9. The van der Waals surface area contributed by atoms with E-state index in [-0.39, 0.29) is 5.78 Å². The van der Waals surface area contributed by atoms with Crippen LogP contribution in [0.15, 0.2) is 24.5 Å². The van der Waals surface area contributed by atoms with Gasteiger partial charge in [0.2, 0.25) is 0 Å². The van der Waals surface area contributed by atoms with Gasteiger partial charge in [0.05, 0.1) is 23.9 Å². The molecule has 0 unspecified atom stereocenters. The van der Waals surface area contributed by atoms with Crippen LogP contribution in [0, 0.1) is 0 Å². The van der Waals surface area contributed by atoms with E-state index in [1.54, 1.807) is 13.3 Å². The van der Waals surface area contributed by atoms with Crippen LogP contribution in [-0.2, 0) is 18.4 Å². The van der Waals surface area contributed by atoms with Gasteiger partial charge >= 0.3 is 0 Å². The summed E-state index contributed by atoms with van der Waals surface area (Å²) in [6.07, 6.45) is 1.80. The predicted octanol–water partition coefficient (Wildman–Crippen LogP) is 1.25. The van der Waals surface area contributed by atoms with Gasteiger partial charge < -0.3 is 9.88 Å². The molecule has 1 heterocycles. The average Bonchev–Trinajstić information content (AvgIpc) is 2.60. The summed E-state index contributed by atoms with van der Waals surface area (Å²) in [6.45, 7) is 2.70. The van der Waals surface area contributed by atoms with E-state index in [1.165, 1.54) is 0 Å². The van der Waals surface area contributed by atoms with E-state index in [9.17, 15) is 4.79 Å². The van der Waals surface area contributed by atoms with Gasteiger partial charge in [0.15, 0.2) is 0 Å². The maximum Gasteiger partial charge on any atom is 0.143 e. The first-order valence-corrected chi connectivity index (χ1v) is 5.27. The van der Waals surface area contributed by atoms with Crippen LogP contribution in [0.2, 0.25) is 0 Å². The Labute approximate surface area is 94.3 Å². The number of imidazole rings is 1. The molecule has 0 aliphatic rings. The largest absolute Gasteiger partial charge is 0.334 e. The van der Waals surface area contributed by atoms with Crippen molar-refractivity contribution in [3.05, 3.63) is 30.1 Å². The molecule has 0 saturated carbocycles. The Morgan fingerprint density at radius 2 is 2.31 bits per heavy atom. The van der Waals surface area contributed by atoms with Crippen molar-refractivity contribution < 1.29 is 4.79 Å². The number of hydrogen-bond acceptors (Lipinski definition) is 3. The van der Waals surface area contributed by atoms with Crippen LogP contribution in [0.1, 0.15) is 12.5 Å². The summed E-state index contributed by atoms with van der Waals surface area (Å²) in [5.74, 6) is 0.152. The lowest BCUT2D eigenvalue weighted by Crippen LogP contribution is -2.20. The molecule has 84 valence electrons. The third-order valence-corrected chi connectivity index (χ3v) is 2.49. The van der Waals surface area contributed by atoms with Gasteiger partial charge in [-0.25, -0.2) is 4.98 Å². The molecular formula is C12H15N3O. The number of fused-ring (bicyclic) bond motifs is 1. The van der Waals surface area contributed by atoms with Gasteiger partial charge in [0.1, 0.15) is 5.78 Å². The number of carbonyl (C=O) groups is 1. The molecule has 0 radical (unpaired) electrons. The highest BCUT2D eigenvalue weighted by Gasteiger charge is 2.01. The summed E-state index contributed by atoms with van der Waals surface area (Å²) in [7, 11) is 1.98. The zero-order chi connectivity index (χ0) is 11.5. The lowest BCUT2D eigenvalue weighted by Gasteiger charge is -2.03. The smallest absolute Gasteiger partial charge is 0.143 e. The fourth-order valence-corrected chi connectivity index (χ4v) is 1.67. The zero-order valence-electron chi connectivity index (χ0n) is 9.53. The number of nitrogens with one attached hydrogen (secondary N) is 1. The molecule has 0 amide bonds. The molecule has 0 atom stereocenters. The van der Waals surface area contributed by atoms with E-state index >= 15 is 0 Å². The van der Waals surface area contributed by atoms with Crippen molar-refractivity contribution in [1.82, 2.24) is 14.9 Å². The summed E-state index contributed by atoms with van der Waals surface area (Å²) in [5.41, 5.74) is 3.26. The van der Waals surface area contributed by atoms with Crippen molar-refractivity contribution in [2.45, 2.75) is 13.5 Å². The van der Waals surface area contributed by atoms with Crippen molar-refractivity contribution in [3.63, 3.8) is 0 Å². The van der Waals surface area contributed by atoms with Crippen LogP contribution in [0.3, 0.4) is 0 Å². The number of aryl methyl sites for hydroxylation is 1. The molecule has 0 fully saturated rings. The second-order valence-electron chi connectivity index (χ2n) is 3.98. The van der Waals surface area contributed by atoms with Gasteiger partial charge in [-0.15, -0.1) is 0 Å². The fraction of sp³-hybridized carbons (Fsp3) is 0.333. The number of rotatable bonds is 4. The molecule has 16 heavy (non-hydrogen) atoms. The number of benzene rings is 1. The molecule has 4 nitrogen and oxygen atoms in total. The highest BCUT2D eigenvalue weighted by atomic mass is 16.1. The fourth-order valence-electron chi connectivity index (χ4n) is 1.67. The Kier molecular flexibility index (Phi) is 3.01. The van der Waals surface area contributed by atoms with Crippen molar-refractivity contribution in [3.8, 4) is 0 Å². The number of carbonyl (C=O) groups excluding carboxylic acids is 1. The SMILES string of the molecule is CC(=O)CNCc1ccc2c(c1)ncn2C. The Hall–Kier alpha value is -1.68. The molecule has 2 rings (SSSR count). The summed E-state index contributed by atoms with van der Waals surface area (Å²) in [4.78, 5) is 15.1. The quantitative estimate of drug-likeness (QED) is 0.838. The first-order valence-electron chi connectivity index (χ1n) is 5.27. The highest BCUT2D eigenvalue weighted by Crippen LogP contribution is 2.13. The van der Waals surface area contributed by atoms with E-state index < -0.39 is 0 Å². The monoisotopic (exact) mass is 217 g/mol. The van der Waals surface area contributed by atoms with E-state index in [0.29, 0.717) is 13.1 Å². The maximum absolute atomic E-state index is 10.8. The van der Waals surface area contributed by atoms with Crippen molar-refractivity contribution in [2.24, 2.45) is 7.05 Å². The van der Waals surface area contributed by atoms with Gasteiger partial charge in [0.25, 0.3) is 0 Å². The summed E-state index contributed by atoms with van der Waals surface area (Å²) in [6, 6.07) is 6.15. The molecule has 1 N–H and O–H groups in total. The average molecular weight is 217 g/mol. The first-order chi connectivity index (χ1) is 7.66. The zero-order valence-corrected chi connectivity index (χ0v) is 9.53. The Bertz CT molecular complexity index is 516. The van der Waals surface area contributed by atoms with E-state index in [1.807, 2.05) is 23.7 Å². The van der Waals surface area contributed by atoms with Crippen LogP contribution >= 0.6 is 0 Å². The number of aromatic nitrogens is 2. The van der Waals surface area contributed by atoms with Crippen LogP contribution in [0.4, 0.5) is 0 Å². The third kappa shape index (κ3) is 2.28. The standard InChI is InChI=1S/C12H15N3O/c1-9(16)6-13-7-10-3-4-12-11(5-10)14-8-15(12)2/h3-5,8,13H,6-7H2,1-2H3. The number of nitrogens with zero attached hydrogens (tertiary/aromatic N) is 2. The maximum atomic E-state index is 10.8. The van der Waals surface area contributed by atoms with Gasteiger partial charge in [0, 0.05) is 13.6 Å². The number of Topliss-reactive ketones (excluding diaryl/α,β-unsaturated/α-hetero) is 1. The Morgan fingerprint density at radius 3 is 3.06 bits per heavy atom.